The molecule has 2 fully saturated rings. The molecule has 2 saturated heterocycles. The molecule has 2 aromatic carbocycles. The second kappa shape index (κ2) is 9.66. The number of nitrogens with one attached hydrogen (secondary N) is 1. The largest absolute Gasteiger partial charge is 0.369 e. The number of hydrogen-bond acceptors (Lipinski definition) is 4. The molecule has 2 aromatic rings. The molecule has 0 aromatic heterocycles. The topological polar surface area (TPSA) is 95.7 Å². The molecule has 33 heavy (non-hydrogen) atoms. The zero-order chi connectivity index (χ0) is 23.5. The summed E-state index contributed by atoms with van der Waals surface area (Å²) in [4.78, 5) is 39.9. The number of amides is 3. The van der Waals surface area contributed by atoms with E-state index in [0.717, 1.165) is 43.1 Å². The Morgan fingerprint density at radius 3 is 2.39 bits per heavy atom. The maximum absolute atomic E-state index is 13.5. The molecule has 2 heterocycles. The number of nitrogens with zero attached hydrogens (tertiary/aromatic N) is 2. The normalized spacial score (nSPS) is 21.3. The number of carbonyl (C=O) groups is 3. The Kier molecular flexibility index (Phi) is 6.69. The lowest BCUT2D eigenvalue weighted by Gasteiger charge is -2.31. The number of likely N-dealkylation sites (tertiary alicyclic amines) is 1. The van der Waals surface area contributed by atoms with E-state index in [1.54, 1.807) is 12.1 Å². The van der Waals surface area contributed by atoms with Gasteiger partial charge >= 0.3 is 0 Å². The zero-order valence-electron chi connectivity index (χ0n) is 18.1. The minimum atomic E-state index is -0.777. The van der Waals surface area contributed by atoms with Crippen molar-refractivity contribution in [2.24, 2.45) is 17.6 Å². The van der Waals surface area contributed by atoms with E-state index in [1.165, 1.54) is 4.90 Å². The van der Waals surface area contributed by atoms with E-state index < -0.39 is 17.6 Å². The van der Waals surface area contributed by atoms with Gasteiger partial charge < -0.3 is 16.0 Å². The molecule has 4 rings (SSSR count). The van der Waals surface area contributed by atoms with Gasteiger partial charge in [-0.1, -0.05) is 12.1 Å². The summed E-state index contributed by atoms with van der Waals surface area (Å²) >= 11 is 0. The second-order valence-corrected chi connectivity index (χ2v) is 8.70. The van der Waals surface area contributed by atoms with Crippen LogP contribution in [-0.2, 0) is 20.9 Å². The summed E-state index contributed by atoms with van der Waals surface area (Å²) in [6.45, 7) is 2.30. The number of anilines is 2. The Balaban J connectivity index is 1.33. The minimum absolute atomic E-state index is 0.0297. The van der Waals surface area contributed by atoms with Gasteiger partial charge in [-0.05, 0) is 49.2 Å². The van der Waals surface area contributed by atoms with Gasteiger partial charge in [-0.2, -0.15) is 0 Å². The number of halogens is 2. The summed E-state index contributed by atoms with van der Waals surface area (Å²) in [6.07, 6.45) is 1.73. The Morgan fingerprint density at radius 1 is 1.03 bits per heavy atom. The van der Waals surface area contributed by atoms with Crippen molar-refractivity contribution in [2.45, 2.75) is 25.8 Å². The third kappa shape index (κ3) is 5.54. The van der Waals surface area contributed by atoms with E-state index in [9.17, 15) is 23.2 Å². The summed E-state index contributed by atoms with van der Waals surface area (Å²) in [5.74, 6) is -3.23. The Labute approximate surface area is 190 Å². The van der Waals surface area contributed by atoms with Crippen molar-refractivity contribution in [3.63, 3.8) is 0 Å². The van der Waals surface area contributed by atoms with E-state index in [0.29, 0.717) is 18.8 Å². The van der Waals surface area contributed by atoms with Crippen LogP contribution in [0.2, 0.25) is 0 Å². The van der Waals surface area contributed by atoms with Crippen molar-refractivity contribution in [1.29, 1.82) is 0 Å². The molecule has 0 radical (unpaired) electrons. The standard InChI is InChI=1S/C24H26F2N4O3/c25-18-9-19(26)11-21(10-18)30-14-17(8-22(30)31)24(33)28-20-5-3-15(4-6-20)12-29-7-1-2-16(13-29)23(27)32/h3-6,9-11,16-17H,1-2,7-8,12-14H2,(H2,27,32)(H,28,33). The number of rotatable bonds is 6. The minimum Gasteiger partial charge on any atom is -0.369 e. The number of primary amides is 1. The van der Waals surface area contributed by atoms with E-state index >= 15 is 0 Å². The molecule has 174 valence electrons. The molecular formula is C24H26F2N4O3. The van der Waals surface area contributed by atoms with Crippen LogP contribution in [-0.4, -0.2) is 42.3 Å². The van der Waals surface area contributed by atoms with E-state index in [4.69, 9.17) is 5.73 Å². The van der Waals surface area contributed by atoms with Gasteiger partial charge in [0.05, 0.1) is 11.8 Å². The van der Waals surface area contributed by atoms with Gasteiger partial charge in [-0.25, -0.2) is 8.78 Å². The number of nitrogens with two attached hydrogens (primary N) is 1. The molecule has 3 amide bonds. The van der Waals surface area contributed by atoms with Crippen LogP contribution in [0.1, 0.15) is 24.8 Å². The fourth-order valence-electron chi connectivity index (χ4n) is 4.46. The fraction of sp³-hybridized carbons (Fsp3) is 0.375. The highest BCUT2D eigenvalue weighted by Crippen LogP contribution is 2.27. The highest BCUT2D eigenvalue weighted by atomic mass is 19.1. The number of benzene rings is 2. The summed E-state index contributed by atoms with van der Waals surface area (Å²) in [7, 11) is 0. The van der Waals surface area contributed by atoms with Gasteiger partial charge in [0.1, 0.15) is 11.6 Å². The quantitative estimate of drug-likeness (QED) is 0.699. The van der Waals surface area contributed by atoms with E-state index in [1.807, 2.05) is 12.1 Å². The highest BCUT2D eigenvalue weighted by Gasteiger charge is 2.35. The Bertz CT molecular complexity index is 1040. The monoisotopic (exact) mass is 456 g/mol. The summed E-state index contributed by atoms with van der Waals surface area (Å²) < 4.78 is 27.0. The molecule has 2 atom stereocenters. The molecule has 3 N–H and O–H groups in total. The smallest absolute Gasteiger partial charge is 0.229 e. The van der Waals surface area contributed by atoms with Crippen molar-refractivity contribution in [2.75, 3.05) is 29.9 Å². The zero-order valence-corrected chi connectivity index (χ0v) is 18.1. The first-order chi connectivity index (χ1) is 15.8. The van der Waals surface area contributed by atoms with Gasteiger partial charge in [0, 0.05) is 43.5 Å². The first kappa shape index (κ1) is 22.8. The first-order valence-corrected chi connectivity index (χ1v) is 11.0. The van der Waals surface area contributed by atoms with E-state index in [2.05, 4.69) is 10.2 Å². The van der Waals surface area contributed by atoms with Crippen LogP contribution in [0, 0.1) is 23.5 Å². The molecule has 9 heteroatoms. The Hall–Kier alpha value is -3.33. The first-order valence-electron chi connectivity index (χ1n) is 11.0. The van der Waals surface area contributed by atoms with Gasteiger partial charge in [0.2, 0.25) is 17.7 Å². The lowest BCUT2D eigenvalue weighted by atomic mass is 9.97. The average Bonchev–Trinajstić information content (AvgIpc) is 3.16. The fourth-order valence-corrected chi connectivity index (χ4v) is 4.46. The van der Waals surface area contributed by atoms with Gasteiger partial charge in [-0.15, -0.1) is 0 Å². The highest BCUT2D eigenvalue weighted by molar-refractivity contribution is 6.03. The van der Waals surface area contributed by atoms with Gasteiger partial charge in [0.15, 0.2) is 0 Å². The van der Waals surface area contributed by atoms with Crippen LogP contribution in [0.3, 0.4) is 0 Å². The van der Waals surface area contributed by atoms with Crippen LogP contribution in [0.15, 0.2) is 42.5 Å². The third-order valence-corrected chi connectivity index (χ3v) is 6.19. The predicted octanol–water partition coefficient (Wildman–Crippen LogP) is 2.65. The lowest BCUT2D eigenvalue weighted by molar-refractivity contribution is -0.123. The van der Waals surface area contributed by atoms with Crippen LogP contribution < -0.4 is 16.0 Å². The number of carbonyl (C=O) groups excluding carboxylic acids is 3. The molecule has 0 bridgehead atoms. The predicted molar refractivity (Wildman–Crippen MR) is 119 cm³/mol. The van der Waals surface area contributed by atoms with Crippen molar-refractivity contribution in [3.05, 3.63) is 59.7 Å². The van der Waals surface area contributed by atoms with Crippen LogP contribution in [0.5, 0.6) is 0 Å². The number of hydrogen-bond donors (Lipinski definition) is 2. The summed E-state index contributed by atoms with van der Waals surface area (Å²) in [6, 6.07) is 10.3. The summed E-state index contributed by atoms with van der Waals surface area (Å²) in [5.41, 5.74) is 7.19. The van der Waals surface area contributed by atoms with Crippen LogP contribution >= 0.6 is 0 Å². The molecule has 7 nitrogen and oxygen atoms in total. The van der Waals surface area contributed by atoms with Gasteiger partial charge in [-0.3, -0.25) is 19.3 Å². The van der Waals surface area contributed by atoms with Crippen molar-refractivity contribution in [3.8, 4) is 0 Å². The molecule has 0 spiro atoms. The maximum atomic E-state index is 13.5. The van der Waals surface area contributed by atoms with Crippen molar-refractivity contribution in [1.82, 2.24) is 4.90 Å². The van der Waals surface area contributed by atoms with Gasteiger partial charge in [0.25, 0.3) is 0 Å². The SMILES string of the molecule is NC(=O)C1CCCN(Cc2ccc(NC(=O)C3CC(=O)N(c4cc(F)cc(F)c4)C3)cc2)C1. The second-order valence-electron chi connectivity index (χ2n) is 8.70. The maximum Gasteiger partial charge on any atom is 0.229 e. The lowest BCUT2D eigenvalue weighted by Crippen LogP contribution is -2.40. The number of piperidine rings is 1. The molecular weight excluding hydrogens is 430 g/mol. The molecule has 2 aliphatic rings. The van der Waals surface area contributed by atoms with E-state index in [-0.39, 0.29) is 42.3 Å². The average molecular weight is 456 g/mol. The molecule has 2 unspecified atom stereocenters. The van der Waals surface area contributed by atoms with Crippen molar-refractivity contribution < 1.29 is 23.2 Å². The van der Waals surface area contributed by atoms with Crippen LogP contribution in [0.25, 0.3) is 0 Å². The van der Waals surface area contributed by atoms with Crippen molar-refractivity contribution >= 4 is 29.1 Å². The molecule has 2 aliphatic heterocycles. The third-order valence-electron chi connectivity index (χ3n) is 6.19. The summed E-state index contributed by atoms with van der Waals surface area (Å²) in [5, 5.41) is 2.81. The molecule has 0 aliphatic carbocycles. The Morgan fingerprint density at radius 2 is 1.73 bits per heavy atom. The van der Waals surface area contributed by atoms with Crippen LogP contribution in [0.4, 0.5) is 20.2 Å². The molecule has 0 saturated carbocycles.